The second-order valence-electron chi connectivity index (χ2n) is 4.87. The summed E-state index contributed by atoms with van der Waals surface area (Å²) in [5.41, 5.74) is 7.09. The largest absolute Gasteiger partial charge is 0.393 e. The van der Waals surface area contributed by atoms with Gasteiger partial charge in [-0.25, -0.2) is 0 Å². The van der Waals surface area contributed by atoms with E-state index in [2.05, 4.69) is 5.32 Å². The highest BCUT2D eigenvalue weighted by atomic mass is 32.1. The van der Waals surface area contributed by atoms with E-state index in [0.29, 0.717) is 30.1 Å². The Bertz CT molecular complexity index is 461. The molecule has 0 radical (unpaired) electrons. The first kappa shape index (κ1) is 16.6. The minimum atomic E-state index is -0.0839. The van der Waals surface area contributed by atoms with E-state index >= 15 is 0 Å². The third-order valence-corrected chi connectivity index (χ3v) is 2.77. The first-order chi connectivity index (χ1) is 9.49. The van der Waals surface area contributed by atoms with Gasteiger partial charge in [-0.15, -0.1) is 0 Å². The maximum absolute atomic E-state index is 12.0. The van der Waals surface area contributed by atoms with Crippen molar-refractivity contribution in [2.24, 2.45) is 5.73 Å². The first-order valence-corrected chi connectivity index (χ1v) is 7.17. The second-order valence-corrected chi connectivity index (χ2v) is 5.40. The molecule has 0 saturated heterocycles. The van der Waals surface area contributed by atoms with Gasteiger partial charge in [0.05, 0.1) is 11.1 Å². The third-order valence-electron chi connectivity index (χ3n) is 2.63. The van der Waals surface area contributed by atoms with Gasteiger partial charge in [0.2, 0.25) is 0 Å². The zero-order valence-corrected chi connectivity index (χ0v) is 12.8. The number of rotatable bonds is 8. The molecule has 3 N–H and O–H groups in total. The van der Waals surface area contributed by atoms with Crippen molar-refractivity contribution in [3.8, 4) is 0 Å². The van der Waals surface area contributed by atoms with Crippen LogP contribution in [0.5, 0.6) is 0 Å². The third kappa shape index (κ3) is 6.63. The van der Waals surface area contributed by atoms with Gasteiger partial charge < -0.3 is 15.8 Å². The topological polar surface area (TPSA) is 64.3 Å². The zero-order chi connectivity index (χ0) is 15.0. The molecule has 20 heavy (non-hydrogen) atoms. The number of benzene rings is 1. The number of thiocarbonyl (C=S) groups is 1. The van der Waals surface area contributed by atoms with Gasteiger partial charge in [0.1, 0.15) is 0 Å². The summed E-state index contributed by atoms with van der Waals surface area (Å²) in [6, 6.07) is 7.35. The fourth-order valence-electron chi connectivity index (χ4n) is 1.72. The van der Waals surface area contributed by atoms with Crippen molar-refractivity contribution in [1.82, 2.24) is 5.32 Å². The van der Waals surface area contributed by atoms with Crippen LogP contribution < -0.4 is 11.1 Å². The molecule has 0 aliphatic heterocycles. The van der Waals surface area contributed by atoms with Crippen LogP contribution in [0.4, 0.5) is 0 Å². The van der Waals surface area contributed by atoms with Gasteiger partial charge in [-0.2, -0.15) is 0 Å². The number of nitrogens with one attached hydrogen (secondary N) is 1. The molecule has 0 atom stereocenters. The molecule has 0 aliphatic carbocycles. The number of hydrogen-bond donors (Lipinski definition) is 2. The van der Waals surface area contributed by atoms with E-state index in [1.165, 1.54) is 0 Å². The fraction of sp³-hybridized carbons (Fsp3) is 0.467. The maximum Gasteiger partial charge on any atom is 0.251 e. The normalized spacial score (nSPS) is 10.6. The van der Waals surface area contributed by atoms with E-state index in [4.69, 9.17) is 22.7 Å². The summed E-state index contributed by atoms with van der Waals surface area (Å²) in [6.45, 7) is 5.24. The molecule has 0 heterocycles. The van der Waals surface area contributed by atoms with Crippen LogP contribution in [-0.4, -0.2) is 30.2 Å². The molecule has 0 bridgehead atoms. The smallest absolute Gasteiger partial charge is 0.251 e. The summed E-state index contributed by atoms with van der Waals surface area (Å²) in [4.78, 5) is 12.4. The molecule has 110 valence electrons. The van der Waals surface area contributed by atoms with Crippen LogP contribution in [-0.2, 0) is 11.2 Å². The molecular formula is C15H22N2O2S. The number of carbonyl (C=O) groups is 1. The first-order valence-electron chi connectivity index (χ1n) is 6.76. The molecule has 0 aromatic heterocycles. The molecule has 0 saturated carbocycles. The Hall–Kier alpha value is -1.46. The number of amides is 1. The summed E-state index contributed by atoms with van der Waals surface area (Å²) in [5.74, 6) is -0.0839. The quantitative estimate of drug-likeness (QED) is 0.569. The fourth-order valence-corrected chi connectivity index (χ4v) is 1.89. The summed E-state index contributed by atoms with van der Waals surface area (Å²) >= 11 is 4.87. The number of ether oxygens (including phenoxy) is 1. The van der Waals surface area contributed by atoms with Gasteiger partial charge in [-0.3, -0.25) is 4.79 Å². The number of hydrogen-bond acceptors (Lipinski definition) is 3. The van der Waals surface area contributed by atoms with Gasteiger partial charge in [0, 0.05) is 25.1 Å². The van der Waals surface area contributed by atoms with Crippen LogP contribution >= 0.6 is 12.2 Å². The maximum atomic E-state index is 12.0. The lowest BCUT2D eigenvalue weighted by molar-refractivity contribution is 0.0757. The predicted molar refractivity (Wildman–Crippen MR) is 85.0 cm³/mol. The Kier molecular flexibility index (Phi) is 7.18. The molecule has 1 amide bonds. The van der Waals surface area contributed by atoms with Crippen LogP contribution in [0, 0.1) is 0 Å². The van der Waals surface area contributed by atoms with E-state index < -0.39 is 0 Å². The molecule has 0 unspecified atom stereocenters. The lowest BCUT2D eigenvalue weighted by Crippen LogP contribution is -2.25. The summed E-state index contributed by atoms with van der Waals surface area (Å²) < 4.78 is 5.41. The van der Waals surface area contributed by atoms with Crippen molar-refractivity contribution in [3.63, 3.8) is 0 Å². The van der Waals surface area contributed by atoms with Crippen LogP contribution in [0.1, 0.15) is 36.2 Å². The molecule has 0 fully saturated rings. The van der Waals surface area contributed by atoms with Gasteiger partial charge in [0.15, 0.2) is 0 Å². The Morgan fingerprint density at radius 2 is 2.20 bits per heavy atom. The van der Waals surface area contributed by atoms with E-state index in [1.54, 1.807) is 6.07 Å². The number of carbonyl (C=O) groups excluding carboxylic acids is 1. The van der Waals surface area contributed by atoms with Crippen molar-refractivity contribution in [1.29, 1.82) is 0 Å². The highest BCUT2D eigenvalue weighted by molar-refractivity contribution is 7.80. The van der Waals surface area contributed by atoms with Crippen molar-refractivity contribution in [2.75, 3.05) is 13.2 Å². The predicted octanol–water partition coefficient (Wildman–Crippen LogP) is 2.06. The van der Waals surface area contributed by atoms with E-state index in [0.717, 1.165) is 12.0 Å². The molecule has 5 heteroatoms. The van der Waals surface area contributed by atoms with Gasteiger partial charge in [-0.05, 0) is 38.0 Å². The van der Waals surface area contributed by atoms with Gasteiger partial charge in [-0.1, -0.05) is 24.4 Å². The molecule has 4 nitrogen and oxygen atoms in total. The minimum absolute atomic E-state index is 0.0839. The Morgan fingerprint density at radius 1 is 1.45 bits per heavy atom. The van der Waals surface area contributed by atoms with E-state index in [1.807, 2.05) is 32.0 Å². The number of nitrogens with two attached hydrogens (primary N) is 1. The van der Waals surface area contributed by atoms with Crippen LogP contribution in [0.2, 0.25) is 0 Å². The summed E-state index contributed by atoms with van der Waals surface area (Å²) in [6.07, 6.45) is 1.54. The van der Waals surface area contributed by atoms with E-state index in [-0.39, 0.29) is 12.0 Å². The Morgan fingerprint density at radius 3 is 2.85 bits per heavy atom. The van der Waals surface area contributed by atoms with Crippen LogP contribution in [0.15, 0.2) is 24.3 Å². The van der Waals surface area contributed by atoms with E-state index in [9.17, 15) is 4.79 Å². The minimum Gasteiger partial charge on any atom is -0.393 e. The highest BCUT2D eigenvalue weighted by Gasteiger charge is 2.06. The summed E-state index contributed by atoms with van der Waals surface area (Å²) in [7, 11) is 0. The lowest BCUT2D eigenvalue weighted by Gasteiger charge is -2.09. The Labute approximate surface area is 125 Å². The summed E-state index contributed by atoms with van der Waals surface area (Å²) in [5, 5.41) is 2.87. The molecule has 1 aromatic rings. The van der Waals surface area contributed by atoms with Crippen molar-refractivity contribution < 1.29 is 9.53 Å². The molecule has 0 spiro atoms. The average molecular weight is 294 g/mol. The molecular weight excluding hydrogens is 272 g/mol. The molecule has 1 rings (SSSR count). The molecule has 1 aromatic carbocycles. The van der Waals surface area contributed by atoms with Crippen molar-refractivity contribution in [2.45, 2.75) is 32.8 Å². The van der Waals surface area contributed by atoms with Crippen LogP contribution in [0.3, 0.4) is 0 Å². The molecule has 0 aliphatic rings. The SMILES string of the molecule is CC(C)OCCCNC(=O)c1cccc(CC(N)=S)c1. The van der Waals surface area contributed by atoms with Gasteiger partial charge in [0.25, 0.3) is 5.91 Å². The monoisotopic (exact) mass is 294 g/mol. The highest BCUT2D eigenvalue weighted by Crippen LogP contribution is 2.06. The van der Waals surface area contributed by atoms with Gasteiger partial charge >= 0.3 is 0 Å². The van der Waals surface area contributed by atoms with Crippen molar-refractivity contribution in [3.05, 3.63) is 35.4 Å². The van der Waals surface area contributed by atoms with Crippen LogP contribution in [0.25, 0.3) is 0 Å². The lowest BCUT2D eigenvalue weighted by atomic mass is 10.1. The standard InChI is InChI=1S/C15H22N2O2S/c1-11(2)19-8-4-7-17-15(18)13-6-3-5-12(9-13)10-14(16)20/h3,5-6,9,11H,4,7-8,10H2,1-2H3,(H2,16,20)(H,17,18). The average Bonchev–Trinajstić information content (AvgIpc) is 2.37. The zero-order valence-electron chi connectivity index (χ0n) is 12.0. The van der Waals surface area contributed by atoms with Crippen molar-refractivity contribution >= 4 is 23.1 Å². The Balaban J connectivity index is 2.41. The second kappa shape index (κ2) is 8.66.